The fourth-order valence-corrected chi connectivity index (χ4v) is 3.50. The number of thioether (sulfide) groups is 1. The maximum absolute atomic E-state index is 12.4. The number of rotatable bonds is 8. The summed E-state index contributed by atoms with van der Waals surface area (Å²) in [4.78, 5) is 25.1. The zero-order valence-corrected chi connectivity index (χ0v) is 16.2. The van der Waals surface area contributed by atoms with Gasteiger partial charge in [-0.3, -0.25) is 9.59 Å². The quantitative estimate of drug-likeness (QED) is 0.560. The number of hydrogen-bond acceptors (Lipinski definition) is 4. The van der Waals surface area contributed by atoms with Crippen molar-refractivity contribution >= 4 is 23.6 Å². The molecule has 0 aromatic heterocycles. The van der Waals surface area contributed by atoms with Gasteiger partial charge in [-0.1, -0.05) is 55.0 Å². The van der Waals surface area contributed by atoms with Crippen molar-refractivity contribution in [2.75, 3.05) is 12.9 Å². The largest absolute Gasteiger partial charge is 0.469 e. The summed E-state index contributed by atoms with van der Waals surface area (Å²) in [5, 5.41) is 3.06. The van der Waals surface area contributed by atoms with Crippen molar-refractivity contribution in [2.24, 2.45) is 5.92 Å². The minimum Gasteiger partial charge on any atom is -0.469 e. The molecule has 138 valence electrons. The van der Waals surface area contributed by atoms with Crippen molar-refractivity contribution in [1.82, 2.24) is 5.32 Å². The van der Waals surface area contributed by atoms with Crippen LogP contribution in [0.2, 0.25) is 0 Å². The Morgan fingerprint density at radius 1 is 1.08 bits per heavy atom. The van der Waals surface area contributed by atoms with Crippen molar-refractivity contribution < 1.29 is 14.3 Å². The number of benzene rings is 2. The minimum absolute atomic E-state index is 0.116. The third-order valence-electron chi connectivity index (χ3n) is 4.07. The molecule has 2 atom stereocenters. The molecule has 0 aliphatic rings. The van der Waals surface area contributed by atoms with Crippen molar-refractivity contribution in [1.29, 1.82) is 0 Å². The Morgan fingerprint density at radius 2 is 1.73 bits per heavy atom. The van der Waals surface area contributed by atoms with Crippen LogP contribution in [0, 0.1) is 12.8 Å². The van der Waals surface area contributed by atoms with Gasteiger partial charge in [-0.05, 0) is 24.6 Å². The molecule has 2 aromatic carbocycles. The highest BCUT2D eigenvalue weighted by molar-refractivity contribution is 7.99. The van der Waals surface area contributed by atoms with E-state index in [1.54, 1.807) is 18.7 Å². The average Bonchev–Trinajstić information content (AvgIpc) is 2.66. The molecule has 0 saturated heterocycles. The molecular weight excluding hydrogens is 346 g/mol. The van der Waals surface area contributed by atoms with E-state index in [4.69, 9.17) is 4.74 Å². The zero-order chi connectivity index (χ0) is 18.9. The van der Waals surface area contributed by atoms with E-state index in [2.05, 4.69) is 36.5 Å². The molecule has 0 bridgehead atoms. The summed E-state index contributed by atoms with van der Waals surface area (Å²) in [6.07, 6.45) is 0.116. The molecular formula is C21H25NO3S. The van der Waals surface area contributed by atoms with E-state index in [0.29, 0.717) is 5.75 Å². The van der Waals surface area contributed by atoms with Crippen LogP contribution in [0.15, 0.2) is 59.5 Å². The maximum atomic E-state index is 12.4. The van der Waals surface area contributed by atoms with Crippen molar-refractivity contribution in [3.63, 3.8) is 0 Å². The molecule has 1 N–H and O–H groups in total. The van der Waals surface area contributed by atoms with Crippen molar-refractivity contribution in [3.05, 3.63) is 65.7 Å². The van der Waals surface area contributed by atoms with Crippen LogP contribution in [-0.2, 0) is 14.3 Å². The Hall–Kier alpha value is -2.27. The van der Waals surface area contributed by atoms with E-state index in [-0.39, 0.29) is 24.3 Å². The summed E-state index contributed by atoms with van der Waals surface area (Å²) < 4.78 is 4.69. The Morgan fingerprint density at radius 3 is 2.35 bits per heavy atom. The van der Waals surface area contributed by atoms with Gasteiger partial charge in [0.05, 0.1) is 19.1 Å². The van der Waals surface area contributed by atoms with E-state index in [0.717, 1.165) is 10.5 Å². The lowest BCUT2D eigenvalue weighted by Crippen LogP contribution is -2.32. The van der Waals surface area contributed by atoms with Crippen LogP contribution in [0.4, 0.5) is 0 Å². The lowest BCUT2D eigenvalue weighted by atomic mass is 10.1. The highest BCUT2D eigenvalue weighted by Crippen LogP contribution is 2.25. The van der Waals surface area contributed by atoms with E-state index >= 15 is 0 Å². The average molecular weight is 372 g/mol. The van der Waals surface area contributed by atoms with Gasteiger partial charge in [0.25, 0.3) is 0 Å². The summed E-state index contributed by atoms with van der Waals surface area (Å²) >= 11 is 1.70. The molecule has 5 heteroatoms. The molecule has 1 amide bonds. The highest BCUT2D eigenvalue weighted by Gasteiger charge is 2.20. The molecule has 2 unspecified atom stereocenters. The first kappa shape index (κ1) is 20.0. The van der Waals surface area contributed by atoms with Gasteiger partial charge >= 0.3 is 5.97 Å². The van der Waals surface area contributed by atoms with Gasteiger partial charge < -0.3 is 10.1 Å². The molecule has 0 saturated carbocycles. The van der Waals surface area contributed by atoms with Crippen molar-refractivity contribution in [2.45, 2.75) is 31.2 Å². The van der Waals surface area contributed by atoms with Crippen LogP contribution in [0.1, 0.15) is 30.5 Å². The number of carbonyl (C=O) groups is 2. The van der Waals surface area contributed by atoms with Gasteiger partial charge in [-0.2, -0.15) is 0 Å². The van der Waals surface area contributed by atoms with Crippen LogP contribution in [0.3, 0.4) is 0 Å². The molecule has 0 radical (unpaired) electrons. The highest BCUT2D eigenvalue weighted by atomic mass is 32.2. The molecule has 0 fully saturated rings. The number of hydrogen-bond donors (Lipinski definition) is 1. The molecule has 0 aliphatic carbocycles. The Bertz CT molecular complexity index is 716. The van der Waals surface area contributed by atoms with Gasteiger partial charge in [0.1, 0.15) is 0 Å². The third-order valence-corrected chi connectivity index (χ3v) is 5.18. The second-order valence-electron chi connectivity index (χ2n) is 6.28. The van der Waals surface area contributed by atoms with Gasteiger partial charge in [-0.25, -0.2) is 0 Å². The van der Waals surface area contributed by atoms with Gasteiger partial charge in [0.2, 0.25) is 5.91 Å². The molecule has 2 aromatic rings. The summed E-state index contributed by atoms with van der Waals surface area (Å²) in [5.74, 6) is -0.265. The first-order valence-electron chi connectivity index (χ1n) is 8.61. The SMILES string of the molecule is COC(=O)C(C)CC(=O)NC(CSc1ccc(C)cc1)c1ccccc1. The number of aryl methyl sites for hydroxylation is 1. The second kappa shape index (κ2) is 10.0. The topological polar surface area (TPSA) is 55.4 Å². The zero-order valence-electron chi connectivity index (χ0n) is 15.4. The van der Waals surface area contributed by atoms with Crippen LogP contribution in [0.5, 0.6) is 0 Å². The maximum Gasteiger partial charge on any atom is 0.308 e. The molecule has 0 heterocycles. The summed E-state index contributed by atoms with van der Waals surface area (Å²) in [7, 11) is 1.34. The number of esters is 1. The predicted molar refractivity (Wildman–Crippen MR) is 105 cm³/mol. The fourth-order valence-electron chi connectivity index (χ4n) is 2.54. The normalized spacial score (nSPS) is 12.9. The Balaban J connectivity index is 2.03. The Labute approximate surface area is 159 Å². The lowest BCUT2D eigenvalue weighted by Gasteiger charge is -2.20. The molecule has 4 nitrogen and oxygen atoms in total. The van der Waals surface area contributed by atoms with Gasteiger partial charge in [0.15, 0.2) is 0 Å². The van der Waals surface area contributed by atoms with Crippen LogP contribution >= 0.6 is 11.8 Å². The first-order valence-corrected chi connectivity index (χ1v) is 9.59. The molecule has 2 rings (SSSR count). The lowest BCUT2D eigenvalue weighted by molar-refractivity contribution is -0.146. The first-order chi connectivity index (χ1) is 12.5. The van der Waals surface area contributed by atoms with Crippen molar-refractivity contribution in [3.8, 4) is 0 Å². The van der Waals surface area contributed by atoms with Gasteiger partial charge in [0, 0.05) is 17.1 Å². The number of nitrogens with one attached hydrogen (secondary N) is 1. The van der Waals surface area contributed by atoms with E-state index < -0.39 is 5.92 Å². The monoisotopic (exact) mass is 371 g/mol. The smallest absolute Gasteiger partial charge is 0.308 e. The van der Waals surface area contributed by atoms with E-state index in [9.17, 15) is 9.59 Å². The Kier molecular flexibility index (Phi) is 7.73. The standard InChI is InChI=1S/C21H25NO3S/c1-15-9-11-18(12-10-15)26-14-19(17-7-5-4-6-8-17)22-20(23)13-16(2)21(24)25-3/h4-12,16,19H,13-14H2,1-3H3,(H,22,23). The van der Waals surface area contributed by atoms with Crippen LogP contribution in [-0.4, -0.2) is 24.7 Å². The van der Waals surface area contributed by atoms with Crippen LogP contribution < -0.4 is 5.32 Å². The van der Waals surface area contributed by atoms with Crippen LogP contribution in [0.25, 0.3) is 0 Å². The van der Waals surface area contributed by atoms with E-state index in [1.807, 2.05) is 30.3 Å². The van der Waals surface area contributed by atoms with Gasteiger partial charge in [-0.15, -0.1) is 11.8 Å². The predicted octanol–water partition coefficient (Wildman–Crippen LogP) is 4.14. The number of methoxy groups -OCH3 is 1. The minimum atomic E-state index is -0.457. The molecule has 0 aliphatic heterocycles. The second-order valence-corrected chi connectivity index (χ2v) is 7.38. The molecule has 0 spiro atoms. The number of amides is 1. The summed E-state index contributed by atoms with van der Waals surface area (Å²) in [6.45, 7) is 3.76. The van der Waals surface area contributed by atoms with E-state index in [1.165, 1.54) is 12.7 Å². The number of ether oxygens (including phenoxy) is 1. The fraction of sp³-hybridized carbons (Fsp3) is 0.333. The molecule has 26 heavy (non-hydrogen) atoms. The third kappa shape index (κ3) is 6.23. The summed E-state index contributed by atoms with van der Waals surface area (Å²) in [6, 6.07) is 18.1. The summed E-state index contributed by atoms with van der Waals surface area (Å²) in [5.41, 5.74) is 2.27. The number of carbonyl (C=O) groups excluding carboxylic acids is 2.